The molecule has 0 aliphatic rings. The van der Waals surface area contributed by atoms with Gasteiger partial charge in [0.2, 0.25) is 10.0 Å². The van der Waals surface area contributed by atoms with Crippen molar-refractivity contribution in [2.75, 3.05) is 25.6 Å². The second-order valence-corrected chi connectivity index (χ2v) is 10.9. The van der Waals surface area contributed by atoms with Gasteiger partial charge in [-0.05, 0) is 48.5 Å². The molecular formula is C18H20F3NO6S2. The molecule has 1 unspecified atom stereocenters. The highest BCUT2D eigenvalue weighted by atomic mass is 32.2. The van der Waals surface area contributed by atoms with Crippen LogP contribution in [0.25, 0.3) is 0 Å². The summed E-state index contributed by atoms with van der Waals surface area (Å²) in [4.78, 5) is -0.163. The highest BCUT2D eigenvalue weighted by Crippen LogP contribution is 2.31. The standard InChI is InChI=1S/C18H20F3NO6S2/c1-22(2)30(26,27)12-14(23)11-29(24,25)17-9-7-16(8-10-17)28-15-5-3-13(4-6-15)18(19,20)21/h3-10,14,23H,11-12H2,1-2H3. The molecule has 0 spiro atoms. The average molecular weight is 467 g/mol. The number of alkyl halides is 3. The summed E-state index contributed by atoms with van der Waals surface area (Å²) in [5.41, 5.74) is -0.828. The maximum atomic E-state index is 12.6. The van der Waals surface area contributed by atoms with Crippen LogP contribution in [0.1, 0.15) is 5.56 Å². The van der Waals surface area contributed by atoms with Crippen LogP contribution in [0.5, 0.6) is 11.5 Å². The Hall–Kier alpha value is -2.15. The molecular weight excluding hydrogens is 447 g/mol. The molecule has 7 nitrogen and oxygen atoms in total. The van der Waals surface area contributed by atoms with Gasteiger partial charge in [0, 0.05) is 14.1 Å². The first kappa shape index (κ1) is 24.1. The van der Waals surface area contributed by atoms with Crippen LogP contribution in [-0.2, 0) is 26.0 Å². The van der Waals surface area contributed by atoms with E-state index in [0.717, 1.165) is 28.6 Å². The van der Waals surface area contributed by atoms with Gasteiger partial charge in [0.05, 0.1) is 28.1 Å². The van der Waals surface area contributed by atoms with E-state index in [2.05, 4.69) is 0 Å². The number of rotatable bonds is 8. The van der Waals surface area contributed by atoms with Gasteiger partial charge in [-0.15, -0.1) is 0 Å². The zero-order chi connectivity index (χ0) is 22.7. The summed E-state index contributed by atoms with van der Waals surface area (Å²) in [5.74, 6) is -1.22. The Morgan fingerprint density at radius 1 is 0.900 bits per heavy atom. The first-order chi connectivity index (χ1) is 13.7. The largest absolute Gasteiger partial charge is 0.457 e. The molecule has 12 heteroatoms. The van der Waals surface area contributed by atoms with Crippen molar-refractivity contribution in [1.29, 1.82) is 0 Å². The van der Waals surface area contributed by atoms with Crippen LogP contribution < -0.4 is 4.74 Å². The summed E-state index contributed by atoms with van der Waals surface area (Å²) < 4.78 is 92.3. The topological polar surface area (TPSA) is 101 Å². The first-order valence-electron chi connectivity index (χ1n) is 8.47. The molecule has 1 atom stereocenters. The smallest absolute Gasteiger partial charge is 0.416 e. The summed E-state index contributed by atoms with van der Waals surface area (Å²) in [6.07, 6.45) is -6.09. The van der Waals surface area contributed by atoms with Gasteiger partial charge >= 0.3 is 6.18 Å². The molecule has 30 heavy (non-hydrogen) atoms. The van der Waals surface area contributed by atoms with Gasteiger partial charge < -0.3 is 9.84 Å². The molecule has 0 radical (unpaired) electrons. The Labute approximate surface area is 172 Å². The molecule has 0 saturated heterocycles. The Bertz CT molecular complexity index is 1060. The van der Waals surface area contributed by atoms with Crippen molar-refractivity contribution in [3.63, 3.8) is 0 Å². The minimum atomic E-state index is -4.47. The number of sulfone groups is 1. The first-order valence-corrected chi connectivity index (χ1v) is 11.7. The van der Waals surface area contributed by atoms with Crippen molar-refractivity contribution in [3.8, 4) is 11.5 Å². The third-order valence-electron chi connectivity index (χ3n) is 3.97. The van der Waals surface area contributed by atoms with Crippen LogP contribution in [-0.4, -0.2) is 58.0 Å². The fourth-order valence-corrected chi connectivity index (χ4v) is 4.77. The molecule has 0 aliphatic heterocycles. The second-order valence-electron chi connectivity index (χ2n) is 6.59. The molecule has 1 N–H and O–H groups in total. The van der Waals surface area contributed by atoms with Gasteiger partial charge in [0.25, 0.3) is 0 Å². The van der Waals surface area contributed by atoms with E-state index in [1.807, 2.05) is 0 Å². The Morgan fingerprint density at radius 2 is 1.37 bits per heavy atom. The monoisotopic (exact) mass is 467 g/mol. The molecule has 0 aromatic heterocycles. The predicted octanol–water partition coefficient (Wildman–Crippen LogP) is 2.52. The lowest BCUT2D eigenvalue weighted by atomic mass is 10.2. The van der Waals surface area contributed by atoms with Crippen molar-refractivity contribution in [3.05, 3.63) is 54.1 Å². The van der Waals surface area contributed by atoms with Crippen LogP contribution in [0, 0.1) is 0 Å². The van der Waals surface area contributed by atoms with Gasteiger partial charge in [0.15, 0.2) is 9.84 Å². The molecule has 0 bridgehead atoms. The van der Waals surface area contributed by atoms with Crippen LogP contribution >= 0.6 is 0 Å². The summed E-state index contributed by atoms with van der Waals surface area (Å²) in [5, 5.41) is 9.87. The molecule has 0 heterocycles. The summed E-state index contributed by atoms with van der Waals surface area (Å²) in [7, 11) is -5.22. The lowest BCUT2D eigenvalue weighted by Gasteiger charge is -2.15. The third kappa shape index (κ3) is 6.42. The number of aliphatic hydroxyl groups excluding tert-OH is 1. The third-order valence-corrected chi connectivity index (χ3v) is 7.70. The number of benzene rings is 2. The van der Waals surface area contributed by atoms with Crippen molar-refractivity contribution < 1.29 is 39.9 Å². The Kier molecular flexibility index (Phi) is 7.17. The Balaban J connectivity index is 2.07. The van der Waals surface area contributed by atoms with Crippen LogP contribution in [0.2, 0.25) is 0 Å². The quantitative estimate of drug-likeness (QED) is 0.640. The van der Waals surface area contributed by atoms with E-state index < -0.39 is 49.2 Å². The molecule has 2 aromatic carbocycles. The lowest BCUT2D eigenvalue weighted by molar-refractivity contribution is -0.137. The van der Waals surface area contributed by atoms with E-state index >= 15 is 0 Å². The van der Waals surface area contributed by atoms with Crippen LogP contribution in [0.3, 0.4) is 0 Å². The molecule has 2 aromatic rings. The van der Waals surface area contributed by atoms with E-state index in [-0.39, 0.29) is 16.4 Å². The number of nitrogens with zero attached hydrogens (tertiary/aromatic N) is 1. The van der Waals surface area contributed by atoms with Crippen LogP contribution in [0.4, 0.5) is 13.2 Å². The van der Waals surface area contributed by atoms with Gasteiger partial charge in [-0.1, -0.05) is 0 Å². The molecule has 0 fully saturated rings. The van der Waals surface area contributed by atoms with E-state index in [0.29, 0.717) is 0 Å². The molecule has 0 aliphatic carbocycles. The van der Waals surface area contributed by atoms with E-state index in [4.69, 9.17) is 4.74 Å². The fourth-order valence-electron chi connectivity index (χ4n) is 2.35. The number of halogens is 3. The lowest BCUT2D eigenvalue weighted by Crippen LogP contribution is -2.34. The molecule has 0 saturated carbocycles. The van der Waals surface area contributed by atoms with Crippen molar-refractivity contribution in [1.82, 2.24) is 4.31 Å². The predicted molar refractivity (Wildman–Crippen MR) is 103 cm³/mol. The number of aliphatic hydroxyl groups is 1. The van der Waals surface area contributed by atoms with Gasteiger partial charge in [0.1, 0.15) is 11.5 Å². The van der Waals surface area contributed by atoms with Gasteiger partial charge in [-0.2, -0.15) is 13.2 Å². The highest BCUT2D eigenvalue weighted by molar-refractivity contribution is 7.91. The average Bonchev–Trinajstić information content (AvgIpc) is 2.60. The normalized spacial score (nSPS) is 14.0. The van der Waals surface area contributed by atoms with E-state index in [1.165, 1.54) is 38.4 Å². The van der Waals surface area contributed by atoms with Crippen LogP contribution in [0.15, 0.2) is 53.4 Å². The maximum Gasteiger partial charge on any atom is 0.416 e. The number of sulfonamides is 1. The zero-order valence-corrected chi connectivity index (χ0v) is 17.6. The fraction of sp³-hybridized carbons (Fsp3) is 0.333. The zero-order valence-electron chi connectivity index (χ0n) is 16.0. The molecule has 166 valence electrons. The van der Waals surface area contributed by atoms with Gasteiger partial charge in [-0.25, -0.2) is 21.1 Å². The summed E-state index contributed by atoms with van der Waals surface area (Å²) >= 11 is 0. The van der Waals surface area contributed by atoms with Crippen molar-refractivity contribution >= 4 is 19.9 Å². The van der Waals surface area contributed by atoms with Crippen molar-refractivity contribution in [2.24, 2.45) is 0 Å². The van der Waals surface area contributed by atoms with Gasteiger partial charge in [-0.3, -0.25) is 0 Å². The van der Waals surface area contributed by atoms with Crippen molar-refractivity contribution in [2.45, 2.75) is 17.2 Å². The minimum Gasteiger partial charge on any atom is -0.457 e. The molecule has 0 amide bonds. The highest BCUT2D eigenvalue weighted by Gasteiger charge is 2.30. The SMILES string of the molecule is CN(C)S(=O)(=O)CC(O)CS(=O)(=O)c1ccc(Oc2ccc(C(F)(F)F)cc2)cc1. The molecule has 2 rings (SSSR count). The number of hydrogen-bond acceptors (Lipinski definition) is 6. The summed E-state index contributed by atoms with van der Waals surface area (Å²) in [6, 6.07) is 8.98. The number of ether oxygens (including phenoxy) is 1. The second kappa shape index (κ2) is 8.92. The van der Waals surface area contributed by atoms with E-state index in [9.17, 15) is 35.1 Å². The Morgan fingerprint density at radius 3 is 1.80 bits per heavy atom. The maximum absolute atomic E-state index is 12.6. The number of hydrogen-bond donors (Lipinski definition) is 1. The van der Waals surface area contributed by atoms with E-state index in [1.54, 1.807) is 0 Å². The minimum absolute atomic E-state index is 0.128. The summed E-state index contributed by atoms with van der Waals surface area (Å²) in [6.45, 7) is 0.